The van der Waals surface area contributed by atoms with Crippen molar-refractivity contribution in [3.8, 4) is 5.75 Å². The van der Waals surface area contributed by atoms with Gasteiger partial charge in [-0.3, -0.25) is 0 Å². The van der Waals surface area contributed by atoms with Crippen molar-refractivity contribution in [1.29, 1.82) is 0 Å². The normalized spacial score (nSPS) is 19.0. The fraction of sp³-hybridized carbons (Fsp3) is 0.0833. The molecule has 152 valence electrons. The molecule has 0 spiro atoms. The number of hydrogen-bond donors (Lipinski definition) is 1. The lowest BCUT2D eigenvalue weighted by Gasteiger charge is -2.39. The summed E-state index contributed by atoms with van der Waals surface area (Å²) in [5.41, 5.74) is 5.24. The third-order valence-corrected chi connectivity index (χ3v) is 6.46. The molecular weight excluding hydrogens is 476 g/mol. The van der Waals surface area contributed by atoms with Crippen molar-refractivity contribution in [3.63, 3.8) is 0 Å². The molecule has 0 saturated carbocycles. The SMILES string of the molecule is Clc1ccc([C@@H]2C3=C(Nc4ncnn42)c2ccccc2O[C@@H]3c2ccc(Br)cc2)cc1. The number of hydrogen-bond acceptors (Lipinski definition) is 4. The Balaban J connectivity index is 1.62. The molecule has 0 fully saturated rings. The van der Waals surface area contributed by atoms with Gasteiger partial charge in [0.2, 0.25) is 5.95 Å². The molecule has 0 saturated heterocycles. The first kappa shape index (κ1) is 18.7. The van der Waals surface area contributed by atoms with Gasteiger partial charge in [-0.2, -0.15) is 10.1 Å². The van der Waals surface area contributed by atoms with E-state index in [4.69, 9.17) is 16.3 Å². The van der Waals surface area contributed by atoms with E-state index in [1.165, 1.54) is 0 Å². The zero-order chi connectivity index (χ0) is 20.9. The molecule has 0 aliphatic carbocycles. The summed E-state index contributed by atoms with van der Waals surface area (Å²) in [4.78, 5) is 4.46. The molecule has 4 aromatic rings. The Kier molecular flexibility index (Phi) is 4.37. The van der Waals surface area contributed by atoms with Crippen LogP contribution in [0.5, 0.6) is 5.75 Å². The van der Waals surface area contributed by atoms with Gasteiger partial charge in [0, 0.05) is 20.6 Å². The van der Waals surface area contributed by atoms with Gasteiger partial charge in [0.1, 0.15) is 24.2 Å². The van der Waals surface area contributed by atoms with Crippen molar-refractivity contribution in [1.82, 2.24) is 14.8 Å². The summed E-state index contributed by atoms with van der Waals surface area (Å²) in [6, 6.07) is 24.0. The minimum atomic E-state index is -0.288. The lowest BCUT2D eigenvalue weighted by molar-refractivity contribution is 0.223. The van der Waals surface area contributed by atoms with Gasteiger partial charge in [-0.05, 0) is 47.5 Å². The van der Waals surface area contributed by atoms with Crippen LogP contribution in [0.3, 0.4) is 0 Å². The molecule has 0 unspecified atom stereocenters. The Labute approximate surface area is 192 Å². The number of para-hydroxylation sites is 1. The Morgan fingerprint density at radius 1 is 0.935 bits per heavy atom. The molecule has 5 nitrogen and oxygen atoms in total. The third-order valence-electron chi connectivity index (χ3n) is 5.68. The average molecular weight is 492 g/mol. The highest BCUT2D eigenvalue weighted by molar-refractivity contribution is 9.10. The topological polar surface area (TPSA) is 52.0 Å². The van der Waals surface area contributed by atoms with Crippen LogP contribution in [0.25, 0.3) is 5.70 Å². The van der Waals surface area contributed by atoms with E-state index in [0.29, 0.717) is 11.0 Å². The molecule has 3 aromatic carbocycles. The van der Waals surface area contributed by atoms with Gasteiger partial charge in [-0.25, -0.2) is 4.68 Å². The molecule has 31 heavy (non-hydrogen) atoms. The van der Waals surface area contributed by atoms with Crippen molar-refractivity contribution < 1.29 is 4.74 Å². The fourth-order valence-corrected chi connectivity index (χ4v) is 4.69. The molecule has 1 N–H and O–H groups in total. The lowest BCUT2D eigenvalue weighted by Crippen LogP contribution is -2.32. The first-order valence-electron chi connectivity index (χ1n) is 9.86. The quantitative estimate of drug-likeness (QED) is 0.360. The van der Waals surface area contributed by atoms with E-state index < -0.39 is 0 Å². The van der Waals surface area contributed by atoms with Gasteiger partial charge in [-0.15, -0.1) is 0 Å². The number of nitrogens with zero attached hydrogens (tertiary/aromatic N) is 3. The maximum atomic E-state index is 6.59. The van der Waals surface area contributed by atoms with Gasteiger partial charge < -0.3 is 10.1 Å². The van der Waals surface area contributed by atoms with Crippen LogP contribution >= 0.6 is 27.5 Å². The summed E-state index contributed by atoms with van der Waals surface area (Å²) < 4.78 is 9.53. The van der Waals surface area contributed by atoms with E-state index in [9.17, 15) is 0 Å². The Bertz CT molecular complexity index is 1310. The predicted octanol–water partition coefficient (Wildman–Crippen LogP) is 6.25. The summed E-state index contributed by atoms with van der Waals surface area (Å²) in [6.45, 7) is 0. The minimum absolute atomic E-state index is 0.187. The van der Waals surface area contributed by atoms with Crippen LogP contribution < -0.4 is 10.1 Å². The van der Waals surface area contributed by atoms with E-state index in [2.05, 4.69) is 49.5 Å². The number of fused-ring (bicyclic) bond motifs is 3. The standard InChI is InChI=1S/C24H16BrClN4O/c25-16-9-5-15(6-10-16)23-20-21(18-3-1-2-4-19(18)31-23)29-24-27-13-28-30(24)22(20)14-7-11-17(26)12-8-14/h1-13,22-23H,(H,27,28,29)/t22-,23-/m1/s1. The van der Waals surface area contributed by atoms with Crippen LogP contribution in [0.15, 0.2) is 89.2 Å². The summed E-state index contributed by atoms with van der Waals surface area (Å²) in [5, 5.41) is 8.74. The summed E-state index contributed by atoms with van der Waals surface area (Å²) in [5.74, 6) is 1.54. The van der Waals surface area contributed by atoms with Crippen molar-refractivity contribution in [2.24, 2.45) is 0 Å². The second-order valence-electron chi connectivity index (χ2n) is 7.48. The van der Waals surface area contributed by atoms with Crippen molar-refractivity contribution >= 4 is 39.2 Å². The van der Waals surface area contributed by atoms with Gasteiger partial charge in [0.25, 0.3) is 0 Å². The molecular formula is C24H16BrClN4O. The molecule has 2 atom stereocenters. The number of aromatic nitrogens is 3. The zero-order valence-corrected chi connectivity index (χ0v) is 18.5. The van der Waals surface area contributed by atoms with E-state index in [1.807, 2.05) is 59.3 Å². The maximum absolute atomic E-state index is 6.59. The van der Waals surface area contributed by atoms with Gasteiger partial charge in [0.15, 0.2) is 0 Å². The molecule has 0 bridgehead atoms. The van der Waals surface area contributed by atoms with Crippen LogP contribution in [0.4, 0.5) is 5.95 Å². The second-order valence-corrected chi connectivity index (χ2v) is 8.84. The third kappa shape index (κ3) is 3.06. The number of benzene rings is 3. The first-order chi connectivity index (χ1) is 15.2. The smallest absolute Gasteiger partial charge is 0.226 e. The van der Waals surface area contributed by atoms with E-state index in [0.717, 1.165) is 38.2 Å². The number of nitrogens with one attached hydrogen (secondary N) is 1. The second kappa shape index (κ2) is 7.25. The largest absolute Gasteiger partial charge is 0.480 e. The molecule has 0 amide bonds. The molecule has 0 radical (unpaired) electrons. The van der Waals surface area contributed by atoms with Crippen LogP contribution in [0, 0.1) is 0 Å². The highest BCUT2D eigenvalue weighted by atomic mass is 79.9. The van der Waals surface area contributed by atoms with Crippen molar-refractivity contribution in [2.45, 2.75) is 12.1 Å². The van der Waals surface area contributed by atoms with Gasteiger partial charge in [-0.1, -0.05) is 63.9 Å². The van der Waals surface area contributed by atoms with Crippen LogP contribution in [-0.4, -0.2) is 14.8 Å². The van der Waals surface area contributed by atoms with Crippen LogP contribution in [0.2, 0.25) is 5.02 Å². The minimum Gasteiger partial charge on any atom is -0.480 e. The Morgan fingerprint density at radius 2 is 1.68 bits per heavy atom. The number of rotatable bonds is 2. The highest BCUT2D eigenvalue weighted by Crippen LogP contribution is 2.50. The van der Waals surface area contributed by atoms with Crippen LogP contribution in [-0.2, 0) is 0 Å². The molecule has 2 aliphatic heterocycles. The molecule has 7 heteroatoms. The van der Waals surface area contributed by atoms with E-state index in [-0.39, 0.29) is 12.1 Å². The predicted molar refractivity (Wildman–Crippen MR) is 124 cm³/mol. The fourth-order valence-electron chi connectivity index (χ4n) is 4.30. The number of ether oxygens (including phenoxy) is 1. The lowest BCUT2D eigenvalue weighted by atomic mass is 9.84. The van der Waals surface area contributed by atoms with Crippen molar-refractivity contribution in [2.75, 3.05) is 5.32 Å². The van der Waals surface area contributed by atoms with Gasteiger partial charge in [0.05, 0.1) is 5.70 Å². The highest BCUT2D eigenvalue weighted by Gasteiger charge is 2.40. The van der Waals surface area contributed by atoms with Crippen LogP contribution in [0.1, 0.15) is 28.8 Å². The molecule has 1 aromatic heterocycles. The summed E-state index contributed by atoms with van der Waals surface area (Å²) >= 11 is 9.72. The Morgan fingerprint density at radius 3 is 2.48 bits per heavy atom. The average Bonchev–Trinajstić information content (AvgIpc) is 3.27. The monoisotopic (exact) mass is 490 g/mol. The molecule has 2 aliphatic rings. The first-order valence-corrected chi connectivity index (χ1v) is 11.0. The van der Waals surface area contributed by atoms with Gasteiger partial charge >= 0.3 is 0 Å². The van der Waals surface area contributed by atoms with E-state index >= 15 is 0 Å². The van der Waals surface area contributed by atoms with Crippen molar-refractivity contribution in [3.05, 3.63) is 111 Å². The summed E-state index contributed by atoms with van der Waals surface area (Å²) in [7, 11) is 0. The zero-order valence-electron chi connectivity index (χ0n) is 16.2. The maximum Gasteiger partial charge on any atom is 0.226 e. The molecule has 6 rings (SSSR count). The summed E-state index contributed by atoms with van der Waals surface area (Å²) in [6.07, 6.45) is 1.29. The number of anilines is 1. The van der Waals surface area contributed by atoms with E-state index in [1.54, 1.807) is 6.33 Å². The number of halogens is 2. The Hall–Kier alpha value is -3.09. The molecule has 3 heterocycles.